The van der Waals surface area contributed by atoms with Crippen LogP contribution in [0.2, 0.25) is 0 Å². The highest BCUT2D eigenvalue weighted by Gasteiger charge is 1.93. The normalized spacial score (nSPS) is 8.10. The number of aryl methyl sites for hydroxylation is 2. The van der Waals surface area contributed by atoms with Gasteiger partial charge in [0.15, 0.2) is 0 Å². The Labute approximate surface area is 120 Å². The maximum atomic E-state index is 10.8. The number of esters is 1. The summed E-state index contributed by atoms with van der Waals surface area (Å²) in [6.07, 6.45) is 1.10. The molecule has 0 bridgehead atoms. The molecule has 0 aromatic carbocycles. The first kappa shape index (κ1) is 20.3. The maximum Gasteiger partial charge on any atom is 0.384 e. The van der Waals surface area contributed by atoms with Gasteiger partial charge < -0.3 is 15.6 Å². The average Bonchev–Trinajstić information content (AvgIpc) is 2.78. The van der Waals surface area contributed by atoms with Crippen LogP contribution in [0.3, 0.4) is 0 Å². The number of carbonyl (C=O) groups excluding carboxylic acids is 1. The van der Waals surface area contributed by atoms with E-state index < -0.39 is 5.97 Å². The zero-order valence-electron chi connectivity index (χ0n) is 12.9. The molecule has 6 nitrogen and oxygen atoms in total. The molecular formula is C14H25N3O3. The molecule has 1 heterocycles. The molecule has 0 unspecified atom stereocenters. The molecule has 3 N–H and O–H groups in total. The van der Waals surface area contributed by atoms with Gasteiger partial charge in [0, 0.05) is 24.2 Å². The van der Waals surface area contributed by atoms with E-state index in [0.29, 0.717) is 6.54 Å². The highest BCUT2D eigenvalue weighted by molar-refractivity contribution is 5.88. The number of methoxy groups -OCH3 is 1. The zero-order chi connectivity index (χ0) is 16.0. The molecule has 1 aromatic heterocycles. The Bertz CT molecular complexity index is 476. The molecule has 114 valence electrons. The number of nitrogens with one attached hydrogen (secondary N) is 1. The predicted octanol–water partition coefficient (Wildman–Crippen LogP) is 1.04. The molecule has 0 saturated carbocycles. The molecule has 0 fully saturated rings. The van der Waals surface area contributed by atoms with Crippen molar-refractivity contribution in [2.45, 2.75) is 40.7 Å². The van der Waals surface area contributed by atoms with Gasteiger partial charge in [0.25, 0.3) is 5.56 Å². The third kappa shape index (κ3) is 11.1. The molecule has 0 spiro atoms. The van der Waals surface area contributed by atoms with Gasteiger partial charge in [-0.2, -0.15) is 0 Å². The van der Waals surface area contributed by atoms with Crippen molar-refractivity contribution in [3.05, 3.63) is 22.1 Å². The maximum absolute atomic E-state index is 10.8. The first-order chi connectivity index (χ1) is 9.46. The third-order valence-electron chi connectivity index (χ3n) is 1.93. The molecule has 0 radical (unpaired) electrons. The van der Waals surface area contributed by atoms with E-state index >= 15 is 0 Å². The summed E-state index contributed by atoms with van der Waals surface area (Å²) in [5.41, 5.74) is 6.00. The molecule has 0 aliphatic rings. The molecule has 1 aromatic rings. The zero-order valence-corrected chi connectivity index (χ0v) is 12.9. The number of aromatic amines is 1. The van der Waals surface area contributed by atoms with E-state index in [1.807, 2.05) is 13.8 Å². The SMILES string of the molecule is CC#CC(=O)OC.CCCN.CCn1[nH]c(C)cc1=O. The van der Waals surface area contributed by atoms with Crippen LogP contribution >= 0.6 is 0 Å². The van der Waals surface area contributed by atoms with Crippen molar-refractivity contribution in [2.75, 3.05) is 13.7 Å². The average molecular weight is 283 g/mol. The van der Waals surface area contributed by atoms with Crippen molar-refractivity contribution >= 4 is 5.97 Å². The molecule has 0 amide bonds. The van der Waals surface area contributed by atoms with Crippen LogP contribution in [0.4, 0.5) is 0 Å². The fourth-order valence-electron chi connectivity index (χ4n) is 0.951. The van der Waals surface area contributed by atoms with Crippen LogP contribution in [0.25, 0.3) is 0 Å². The minimum absolute atomic E-state index is 0.0509. The van der Waals surface area contributed by atoms with Gasteiger partial charge in [0.2, 0.25) is 0 Å². The monoisotopic (exact) mass is 283 g/mol. The number of nitrogens with zero attached hydrogens (tertiary/aromatic N) is 1. The van der Waals surface area contributed by atoms with Crippen LogP contribution in [0.5, 0.6) is 0 Å². The molecule has 20 heavy (non-hydrogen) atoms. The topological polar surface area (TPSA) is 90.1 Å². The molecule has 6 heteroatoms. The van der Waals surface area contributed by atoms with Gasteiger partial charge >= 0.3 is 5.97 Å². The van der Waals surface area contributed by atoms with E-state index in [1.54, 1.807) is 17.7 Å². The highest BCUT2D eigenvalue weighted by atomic mass is 16.5. The van der Waals surface area contributed by atoms with E-state index in [2.05, 4.69) is 28.6 Å². The summed E-state index contributed by atoms with van der Waals surface area (Å²) < 4.78 is 5.74. The van der Waals surface area contributed by atoms with E-state index in [0.717, 1.165) is 18.7 Å². The summed E-state index contributed by atoms with van der Waals surface area (Å²) in [6, 6.07) is 1.59. The molecule has 0 saturated heterocycles. The van der Waals surface area contributed by atoms with Crippen molar-refractivity contribution in [1.29, 1.82) is 0 Å². The number of aromatic nitrogens is 2. The summed E-state index contributed by atoms with van der Waals surface area (Å²) in [5.74, 6) is 4.09. The largest absolute Gasteiger partial charge is 0.459 e. The number of H-pyrrole nitrogens is 1. The Kier molecular flexibility index (Phi) is 13.6. The van der Waals surface area contributed by atoms with Crippen molar-refractivity contribution in [3.8, 4) is 11.8 Å². The van der Waals surface area contributed by atoms with E-state index in [4.69, 9.17) is 5.73 Å². The van der Waals surface area contributed by atoms with E-state index in [1.165, 1.54) is 7.11 Å². The molecule has 1 rings (SSSR count). The van der Waals surface area contributed by atoms with Gasteiger partial charge in [0.1, 0.15) is 0 Å². The number of carbonyl (C=O) groups is 1. The first-order valence-electron chi connectivity index (χ1n) is 6.43. The lowest BCUT2D eigenvalue weighted by Gasteiger charge is -1.91. The Morgan fingerprint density at radius 1 is 1.50 bits per heavy atom. The second kappa shape index (κ2) is 13.4. The van der Waals surface area contributed by atoms with Gasteiger partial charge in [0.05, 0.1) is 7.11 Å². The molecule has 0 aliphatic carbocycles. The Morgan fingerprint density at radius 2 is 2.05 bits per heavy atom. The minimum atomic E-state index is -0.484. The lowest BCUT2D eigenvalue weighted by atomic mass is 10.5. The Balaban J connectivity index is 0. The number of nitrogens with two attached hydrogens (primary N) is 1. The summed E-state index contributed by atoms with van der Waals surface area (Å²) in [7, 11) is 1.30. The van der Waals surface area contributed by atoms with Crippen molar-refractivity contribution in [3.63, 3.8) is 0 Å². The summed E-state index contributed by atoms with van der Waals surface area (Å²) >= 11 is 0. The second-order valence-electron chi connectivity index (χ2n) is 3.68. The van der Waals surface area contributed by atoms with Crippen molar-refractivity contribution < 1.29 is 9.53 Å². The van der Waals surface area contributed by atoms with Gasteiger partial charge in [-0.1, -0.05) is 12.8 Å². The summed E-state index contributed by atoms with van der Waals surface area (Å²) in [5, 5.41) is 2.90. The van der Waals surface area contributed by atoms with Gasteiger partial charge in [-0.25, -0.2) is 4.79 Å². The lowest BCUT2D eigenvalue weighted by molar-refractivity contribution is -0.133. The molecule has 0 aliphatic heterocycles. The van der Waals surface area contributed by atoms with Crippen LogP contribution in [0, 0.1) is 18.8 Å². The lowest BCUT2D eigenvalue weighted by Crippen LogP contribution is -2.13. The number of ether oxygens (including phenoxy) is 1. The fourth-order valence-corrected chi connectivity index (χ4v) is 0.951. The van der Waals surface area contributed by atoms with Crippen molar-refractivity contribution in [2.24, 2.45) is 5.73 Å². The first-order valence-corrected chi connectivity index (χ1v) is 6.43. The number of hydrogen-bond donors (Lipinski definition) is 2. The van der Waals surface area contributed by atoms with Crippen molar-refractivity contribution in [1.82, 2.24) is 9.78 Å². The summed E-state index contributed by atoms with van der Waals surface area (Å²) in [6.45, 7) is 8.97. The Morgan fingerprint density at radius 3 is 2.20 bits per heavy atom. The third-order valence-corrected chi connectivity index (χ3v) is 1.93. The van der Waals surface area contributed by atoms with Crippen LogP contribution in [-0.4, -0.2) is 29.4 Å². The van der Waals surface area contributed by atoms with Gasteiger partial charge in [-0.3, -0.25) is 9.48 Å². The minimum Gasteiger partial charge on any atom is -0.459 e. The van der Waals surface area contributed by atoms with E-state index in [9.17, 15) is 9.59 Å². The van der Waals surface area contributed by atoms with Crippen LogP contribution in [0.15, 0.2) is 10.9 Å². The highest BCUT2D eigenvalue weighted by Crippen LogP contribution is 1.83. The smallest absolute Gasteiger partial charge is 0.384 e. The van der Waals surface area contributed by atoms with Crippen LogP contribution in [-0.2, 0) is 16.1 Å². The predicted molar refractivity (Wildman–Crippen MR) is 80.3 cm³/mol. The van der Waals surface area contributed by atoms with Crippen LogP contribution in [0.1, 0.15) is 32.9 Å². The van der Waals surface area contributed by atoms with E-state index in [-0.39, 0.29) is 5.56 Å². The van der Waals surface area contributed by atoms with Gasteiger partial charge in [-0.15, -0.1) is 0 Å². The number of rotatable bonds is 2. The Hall–Kier alpha value is -2.00. The number of hydrogen-bond acceptors (Lipinski definition) is 4. The summed E-state index contributed by atoms with van der Waals surface area (Å²) in [4.78, 5) is 20.8. The standard InChI is InChI=1S/C6H10N2O.C5H6O2.C3H9N/c1-3-8-6(9)4-5(2)7-8;1-3-4-5(6)7-2;1-2-3-4/h4,7H,3H2,1-2H3;1-2H3;2-4H2,1H3. The molecular weight excluding hydrogens is 258 g/mol. The van der Waals surface area contributed by atoms with Crippen LogP contribution < -0.4 is 11.3 Å². The second-order valence-corrected chi connectivity index (χ2v) is 3.68. The quantitative estimate of drug-likeness (QED) is 0.482. The van der Waals surface area contributed by atoms with Gasteiger partial charge in [-0.05, 0) is 33.7 Å². The molecule has 0 atom stereocenters. The fraction of sp³-hybridized carbons (Fsp3) is 0.571.